The molecule has 0 aliphatic heterocycles. The molecule has 1 aromatic carbocycles. The second kappa shape index (κ2) is 7.85. The van der Waals surface area contributed by atoms with Crippen molar-refractivity contribution >= 4 is 5.91 Å². The molecular formula is C17H25NO2. The Morgan fingerprint density at radius 1 is 1.30 bits per heavy atom. The molecule has 0 aliphatic rings. The minimum atomic E-state index is -0.0844. The maximum Gasteiger partial charge on any atom is 0.243 e. The van der Waals surface area contributed by atoms with Gasteiger partial charge in [0.1, 0.15) is 0 Å². The Hall–Kier alpha value is -1.61. The van der Waals surface area contributed by atoms with E-state index in [2.05, 4.69) is 26.1 Å². The minimum absolute atomic E-state index is 0.00126. The molecule has 0 bridgehead atoms. The van der Waals surface area contributed by atoms with Gasteiger partial charge in [-0.25, -0.2) is 0 Å². The fraction of sp³-hybridized carbons (Fsp3) is 0.471. The van der Waals surface area contributed by atoms with Gasteiger partial charge in [-0.2, -0.15) is 0 Å². The number of hydrogen-bond donors (Lipinski definition) is 2. The number of allylic oxidation sites excluding steroid dienone is 1. The molecule has 0 saturated carbocycles. The number of aliphatic hydroxyl groups excluding tert-OH is 1. The van der Waals surface area contributed by atoms with Crippen molar-refractivity contribution in [2.24, 2.45) is 5.41 Å². The molecule has 0 heterocycles. The van der Waals surface area contributed by atoms with Crippen molar-refractivity contribution < 1.29 is 9.90 Å². The molecule has 0 radical (unpaired) electrons. The summed E-state index contributed by atoms with van der Waals surface area (Å²) in [4.78, 5) is 11.8. The van der Waals surface area contributed by atoms with Gasteiger partial charge in [0.05, 0.1) is 0 Å². The van der Waals surface area contributed by atoms with E-state index in [4.69, 9.17) is 5.11 Å². The smallest absolute Gasteiger partial charge is 0.243 e. The molecule has 20 heavy (non-hydrogen) atoms. The monoisotopic (exact) mass is 275 g/mol. The molecule has 1 amide bonds. The fourth-order valence-corrected chi connectivity index (χ4v) is 1.88. The van der Waals surface area contributed by atoms with Gasteiger partial charge in [0.2, 0.25) is 5.91 Å². The first-order valence-electron chi connectivity index (χ1n) is 7.05. The lowest BCUT2D eigenvalue weighted by Crippen LogP contribution is -2.27. The van der Waals surface area contributed by atoms with Crippen LogP contribution in [0.3, 0.4) is 0 Å². The number of rotatable bonds is 6. The third-order valence-corrected chi connectivity index (χ3v) is 3.01. The van der Waals surface area contributed by atoms with E-state index < -0.39 is 0 Å². The van der Waals surface area contributed by atoms with Crippen LogP contribution >= 0.6 is 0 Å². The molecule has 0 aliphatic carbocycles. The minimum Gasteiger partial charge on any atom is -0.396 e. The normalized spacial score (nSPS) is 13.4. The largest absolute Gasteiger partial charge is 0.396 e. The Morgan fingerprint density at radius 3 is 2.50 bits per heavy atom. The number of nitrogens with one attached hydrogen (secondary N) is 1. The van der Waals surface area contributed by atoms with Crippen molar-refractivity contribution in [3.8, 4) is 0 Å². The van der Waals surface area contributed by atoms with Gasteiger partial charge in [-0.3, -0.25) is 4.79 Å². The quantitative estimate of drug-likeness (QED) is 0.784. The lowest BCUT2D eigenvalue weighted by Gasteiger charge is -2.17. The lowest BCUT2D eigenvalue weighted by atomic mass is 9.95. The van der Waals surface area contributed by atoms with Crippen molar-refractivity contribution in [1.82, 2.24) is 5.32 Å². The zero-order chi connectivity index (χ0) is 15.0. The summed E-state index contributed by atoms with van der Waals surface area (Å²) in [5.74, 6) is 0.0620. The predicted molar refractivity (Wildman–Crippen MR) is 82.5 cm³/mol. The second-order valence-electron chi connectivity index (χ2n) is 6.06. The summed E-state index contributed by atoms with van der Waals surface area (Å²) in [5, 5.41) is 12.0. The Bertz CT molecular complexity index is 432. The summed E-state index contributed by atoms with van der Waals surface area (Å²) in [6.07, 6.45) is 4.13. The number of benzene rings is 1. The van der Waals surface area contributed by atoms with Crippen molar-refractivity contribution in [2.45, 2.75) is 33.1 Å². The molecule has 110 valence electrons. The van der Waals surface area contributed by atoms with Crippen LogP contribution in [0.1, 0.15) is 38.7 Å². The summed E-state index contributed by atoms with van der Waals surface area (Å²) in [5.41, 5.74) is 1.14. The first-order valence-corrected chi connectivity index (χ1v) is 7.05. The van der Waals surface area contributed by atoms with E-state index in [1.54, 1.807) is 6.08 Å². The van der Waals surface area contributed by atoms with Gasteiger partial charge in [0.25, 0.3) is 0 Å². The molecule has 3 nitrogen and oxygen atoms in total. The van der Waals surface area contributed by atoms with E-state index in [-0.39, 0.29) is 23.8 Å². The molecule has 0 spiro atoms. The van der Waals surface area contributed by atoms with Crippen LogP contribution in [0.25, 0.3) is 0 Å². The molecule has 1 rings (SSSR count). The molecule has 0 saturated heterocycles. The van der Waals surface area contributed by atoms with Crippen LogP contribution in [0.15, 0.2) is 42.5 Å². The first kappa shape index (κ1) is 16.4. The van der Waals surface area contributed by atoms with Gasteiger partial charge in [-0.1, -0.05) is 57.2 Å². The molecule has 0 aromatic heterocycles. The predicted octanol–water partition coefficient (Wildman–Crippen LogP) is 2.87. The summed E-state index contributed by atoms with van der Waals surface area (Å²) in [6.45, 7) is 6.81. The Kier molecular flexibility index (Phi) is 6.46. The van der Waals surface area contributed by atoms with E-state index >= 15 is 0 Å². The average Bonchev–Trinajstić information content (AvgIpc) is 2.41. The highest BCUT2D eigenvalue weighted by Crippen LogP contribution is 2.18. The van der Waals surface area contributed by atoms with Crippen LogP contribution in [-0.2, 0) is 4.79 Å². The van der Waals surface area contributed by atoms with Crippen LogP contribution in [-0.4, -0.2) is 24.2 Å². The summed E-state index contributed by atoms with van der Waals surface area (Å²) < 4.78 is 0. The first-order chi connectivity index (χ1) is 9.42. The van der Waals surface area contributed by atoms with Gasteiger partial charge in [-0.15, -0.1) is 0 Å². The van der Waals surface area contributed by atoms with Crippen LogP contribution in [0.2, 0.25) is 0 Å². The standard InChI is InChI=1S/C17H25NO2/c1-17(2,3)11-9-16(20)18-13-15(10-12-19)14-7-5-4-6-8-14/h4-9,11,15,19H,10,12-13H2,1-3H3,(H,18,20)/b11-9+. The number of amides is 1. The van der Waals surface area contributed by atoms with E-state index in [1.807, 2.05) is 36.4 Å². The fourth-order valence-electron chi connectivity index (χ4n) is 1.88. The molecule has 0 fully saturated rings. The van der Waals surface area contributed by atoms with E-state index in [0.29, 0.717) is 13.0 Å². The second-order valence-corrected chi connectivity index (χ2v) is 6.06. The topological polar surface area (TPSA) is 49.3 Å². The van der Waals surface area contributed by atoms with Crippen molar-refractivity contribution in [3.05, 3.63) is 48.0 Å². The number of hydrogen-bond acceptors (Lipinski definition) is 2. The highest BCUT2D eigenvalue weighted by molar-refractivity contribution is 5.87. The number of carbonyl (C=O) groups excluding carboxylic acids is 1. The lowest BCUT2D eigenvalue weighted by molar-refractivity contribution is -0.116. The molecule has 2 N–H and O–H groups in total. The molecule has 1 atom stereocenters. The molecule has 1 aromatic rings. The van der Waals surface area contributed by atoms with Crippen LogP contribution in [0.4, 0.5) is 0 Å². The zero-order valence-corrected chi connectivity index (χ0v) is 12.6. The number of carbonyl (C=O) groups is 1. The van der Waals surface area contributed by atoms with Gasteiger partial charge < -0.3 is 10.4 Å². The van der Waals surface area contributed by atoms with Crippen molar-refractivity contribution in [3.63, 3.8) is 0 Å². The SMILES string of the molecule is CC(C)(C)/C=C/C(=O)NCC(CCO)c1ccccc1. The van der Waals surface area contributed by atoms with Crippen LogP contribution < -0.4 is 5.32 Å². The third-order valence-electron chi connectivity index (χ3n) is 3.01. The summed E-state index contributed by atoms with van der Waals surface area (Å²) in [6, 6.07) is 9.96. The molecular weight excluding hydrogens is 250 g/mol. The van der Waals surface area contributed by atoms with Gasteiger partial charge in [-0.05, 0) is 23.5 Å². The van der Waals surface area contributed by atoms with Crippen molar-refractivity contribution in [1.29, 1.82) is 0 Å². The van der Waals surface area contributed by atoms with E-state index in [1.165, 1.54) is 0 Å². The van der Waals surface area contributed by atoms with Gasteiger partial charge in [0.15, 0.2) is 0 Å². The van der Waals surface area contributed by atoms with Crippen LogP contribution in [0, 0.1) is 5.41 Å². The Balaban J connectivity index is 2.56. The highest BCUT2D eigenvalue weighted by Gasteiger charge is 2.12. The molecule has 1 unspecified atom stereocenters. The van der Waals surface area contributed by atoms with E-state index in [9.17, 15) is 4.79 Å². The van der Waals surface area contributed by atoms with Gasteiger partial charge >= 0.3 is 0 Å². The van der Waals surface area contributed by atoms with E-state index in [0.717, 1.165) is 5.56 Å². The average molecular weight is 275 g/mol. The zero-order valence-electron chi connectivity index (χ0n) is 12.6. The number of aliphatic hydroxyl groups is 1. The maximum atomic E-state index is 11.8. The van der Waals surface area contributed by atoms with Gasteiger partial charge in [0, 0.05) is 19.1 Å². The third kappa shape index (κ3) is 6.53. The highest BCUT2D eigenvalue weighted by atomic mass is 16.3. The summed E-state index contributed by atoms with van der Waals surface area (Å²) in [7, 11) is 0. The Morgan fingerprint density at radius 2 is 1.95 bits per heavy atom. The maximum absolute atomic E-state index is 11.8. The summed E-state index contributed by atoms with van der Waals surface area (Å²) >= 11 is 0. The van der Waals surface area contributed by atoms with Crippen LogP contribution in [0.5, 0.6) is 0 Å². The van der Waals surface area contributed by atoms with Crippen molar-refractivity contribution in [2.75, 3.05) is 13.2 Å². The Labute approximate surface area is 121 Å². The molecule has 3 heteroatoms.